The summed E-state index contributed by atoms with van der Waals surface area (Å²) in [6.45, 7) is 1.56. The molecule has 0 radical (unpaired) electrons. The van der Waals surface area contributed by atoms with Gasteiger partial charge in [-0.1, -0.05) is 64.5 Å². The number of carbonyl (C=O) groups excluding carboxylic acids is 3. The predicted octanol–water partition coefficient (Wildman–Crippen LogP) is 3.95. The number of nitrogens with one attached hydrogen (secondary N) is 1. The number of nitrogens with zero attached hydrogens (tertiary/aromatic N) is 2. The maximum absolute atomic E-state index is 13.9. The van der Waals surface area contributed by atoms with Gasteiger partial charge in [0.15, 0.2) is 0 Å². The summed E-state index contributed by atoms with van der Waals surface area (Å²) >= 11 is 8.21. The number of aromatic nitrogens is 1. The minimum atomic E-state index is -3.90. The van der Waals surface area contributed by atoms with Crippen molar-refractivity contribution < 1.29 is 22.8 Å². The predicted molar refractivity (Wildman–Crippen MR) is 165 cm³/mol. The summed E-state index contributed by atoms with van der Waals surface area (Å²) in [5, 5.41) is 7.91. The first kappa shape index (κ1) is 29.3. The smallest absolute Gasteiger partial charge is 0.308 e. The Labute approximate surface area is 259 Å². The van der Waals surface area contributed by atoms with E-state index in [1.165, 1.54) is 33.7 Å². The van der Waals surface area contributed by atoms with E-state index in [2.05, 4.69) is 5.32 Å². The fourth-order valence-electron chi connectivity index (χ4n) is 5.30. The Bertz CT molecular complexity index is 1940. The average Bonchev–Trinajstić information content (AvgIpc) is 3.40. The zero-order chi connectivity index (χ0) is 30.6. The molecular weight excluding hydrogens is 632 g/mol. The monoisotopic (exact) mass is 654 g/mol. The Morgan fingerprint density at radius 2 is 1.60 bits per heavy atom. The third-order valence-corrected chi connectivity index (χ3v) is 11.1. The van der Waals surface area contributed by atoms with Crippen LogP contribution >= 0.6 is 34.7 Å². The number of hydrogen-bond donors (Lipinski definition) is 2. The van der Waals surface area contributed by atoms with Crippen LogP contribution in [0.2, 0.25) is 5.02 Å². The molecule has 0 spiro atoms. The molecule has 1 fully saturated rings. The molecule has 10 nitrogen and oxygen atoms in total. The van der Waals surface area contributed by atoms with E-state index < -0.39 is 43.8 Å². The normalized spacial score (nSPS) is 19.7. The minimum Gasteiger partial charge on any atom is -0.325 e. The van der Waals surface area contributed by atoms with Crippen molar-refractivity contribution in [1.82, 2.24) is 4.57 Å². The van der Waals surface area contributed by atoms with Crippen LogP contribution < -0.4 is 20.2 Å². The van der Waals surface area contributed by atoms with E-state index in [0.29, 0.717) is 26.3 Å². The second-order valence-corrected chi connectivity index (χ2v) is 14.3. The fraction of sp³-hybridized carbons (Fsp3) is 0.172. The van der Waals surface area contributed by atoms with E-state index in [9.17, 15) is 27.6 Å². The van der Waals surface area contributed by atoms with Crippen LogP contribution in [0.15, 0.2) is 87.5 Å². The fourth-order valence-corrected chi connectivity index (χ4v) is 8.72. The molecule has 1 saturated heterocycles. The van der Waals surface area contributed by atoms with Gasteiger partial charge in [0, 0.05) is 21.5 Å². The van der Waals surface area contributed by atoms with Crippen molar-refractivity contribution in [3.8, 4) is 0 Å². The zero-order valence-electron chi connectivity index (χ0n) is 22.4. The van der Waals surface area contributed by atoms with Gasteiger partial charge in [0.1, 0.15) is 11.8 Å². The average molecular weight is 655 g/mol. The number of hydrogen-bond acceptors (Lipinski definition) is 8. The minimum absolute atomic E-state index is 0.108. The van der Waals surface area contributed by atoms with Gasteiger partial charge in [0.05, 0.1) is 21.5 Å². The number of primary sulfonamides is 1. The number of anilines is 2. The zero-order valence-corrected chi connectivity index (χ0v) is 25.6. The molecule has 3 aromatic carbocycles. The molecular formula is C29H23ClN4O6S3. The summed E-state index contributed by atoms with van der Waals surface area (Å²) in [4.78, 5) is 55.3. The third kappa shape index (κ3) is 5.43. The first-order chi connectivity index (χ1) is 20.4. The molecule has 220 valence electrons. The summed E-state index contributed by atoms with van der Waals surface area (Å²) in [5.41, 5.74) is 2.49. The lowest BCUT2D eigenvalue weighted by atomic mass is 9.83. The SMILES string of the molecule is Cc1ccc(N2C(=O)[C@H]3[C@H](c4ccc(Cl)cc4)c4sc(=O)n(CC(=O)Nc5ccc(S(N)(=O)=O)cc5)c4S[C@H]3C2=O)cc1. The van der Waals surface area contributed by atoms with E-state index >= 15 is 0 Å². The highest BCUT2D eigenvalue weighted by molar-refractivity contribution is 8.00. The van der Waals surface area contributed by atoms with Gasteiger partial charge in [0.2, 0.25) is 27.7 Å². The summed E-state index contributed by atoms with van der Waals surface area (Å²) < 4.78 is 24.4. The molecule has 0 unspecified atom stereocenters. The van der Waals surface area contributed by atoms with Crippen molar-refractivity contribution in [1.29, 1.82) is 0 Å². The van der Waals surface area contributed by atoms with Gasteiger partial charge in [-0.25, -0.2) is 18.5 Å². The van der Waals surface area contributed by atoms with Gasteiger partial charge in [-0.05, 0) is 61.0 Å². The number of rotatable bonds is 6. The number of carbonyl (C=O) groups is 3. The van der Waals surface area contributed by atoms with E-state index in [4.69, 9.17) is 16.7 Å². The molecule has 0 bridgehead atoms. The molecule has 14 heteroatoms. The maximum Gasteiger partial charge on any atom is 0.308 e. The molecule has 6 rings (SSSR count). The van der Waals surface area contributed by atoms with Crippen LogP contribution in [0.25, 0.3) is 0 Å². The molecule has 0 aliphatic carbocycles. The van der Waals surface area contributed by atoms with Gasteiger partial charge < -0.3 is 5.32 Å². The van der Waals surface area contributed by atoms with Crippen molar-refractivity contribution in [2.45, 2.75) is 34.6 Å². The van der Waals surface area contributed by atoms with Crippen molar-refractivity contribution in [3.63, 3.8) is 0 Å². The Hall–Kier alpha value is -3.75. The Balaban J connectivity index is 1.36. The van der Waals surface area contributed by atoms with Crippen LogP contribution in [0.3, 0.4) is 0 Å². The summed E-state index contributed by atoms with van der Waals surface area (Å²) in [6.07, 6.45) is 0. The van der Waals surface area contributed by atoms with Crippen LogP contribution in [-0.4, -0.2) is 36.0 Å². The number of thiazole rings is 1. The quantitative estimate of drug-likeness (QED) is 0.299. The first-order valence-electron chi connectivity index (χ1n) is 12.9. The van der Waals surface area contributed by atoms with Gasteiger partial charge in [-0.3, -0.25) is 23.7 Å². The third-order valence-electron chi connectivity index (χ3n) is 7.34. The highest BCUT2D eigenvalue weighted by atomic mass is 35.5. The van der Waals surface area contributed by atoms with E-state index in [-0.39, 0.29) is 17.3 Å². The second-order valence-electron chi connectivity index (χ2n) is 10.2. The number of fused-ring (bicyclic) bond motifs is 2. The molecule has 1 aromatic heterocycles. The molecule has 3 heterocycles. The Morgan fingerprint density at radius 3 is 2.23 bits per heavy atom. The van der Waals surface area contributed by atoms with Crippen LogP contribution in [0.4, 0.5) is 11.4 Å². The van der Waals surface area contributed by atoms with Crippen LogP contribution in [0, 0.1) is 12.8 Å². The first-order valence-corrected chi connectivity index (χ1v) is 16.6. The van der Waals surface area contributed by atoms with Gasteiger partial charge in [0.25, 0.3) is 0 Å². The van der Waals surface area contributed by atoms with Crippen LogP contribution in [0.1, 0.15) is 21.9 Å². The number of imide groups is 1. The van der Waals surface area contributed by atoms with Gasteiger partial charge in [-0.2, -0.15) is 0 Å². The molecule has 3 amide bonds. The summed E-state index contributed by atoms with van der Waals surface area (Å²) in [5.74, 6) is -2.67. The number of thioether (sulfide) groups is 1. The Kier molecular flexibility index (Phi) is 7.55. The topological polar surface area (TPSA) is 149 Å². The molecule has 0 saturated carbocycles. The highest BCUT2D eigenvalue weighted by Gasteiger charge is 2.56. The number of aryl methyl sites for hydroxylation is 1. The van der Waals surface area contributed by atoms with E-state index in [1.807, 2.05) is 19.1 Å². The number of halogens is 1. The van der Waals surface area contributed by atoms with Crippen molar-refractivity contribution in [2.24, 2.45) is 11.1 Å². The molecule has 4 aromatic rings. The number of sulfonamides is 1. The lowest BCUT2D eigenvalue weighted by Gasteiger charge is -2.30. The highest BCUT2D eigenvalue weighted by Crippen LogP contribution is 2.54. The lowest BCUT2D eigenvalue weighted by molar-refractivity contribution is -0.122. The maximum atomic E-state index is 13.9. The molecule has 2 aliphatic rings. The van der Waals surface area contributed by atoms with Crippen molar-refractivity contribution in [3.05, 3.63) is 103 Å². The van der Waals surface area contributed by atoms with Crippen LogP contribution in [0.5, 0.6) is 0 Å². The molecule has 3 N–H and O–H groups in total. The number of amides is 3. The van der Waals surface area contributed by atoms with Crippen molar-refractivity contribution in [2.75, 3.05) is 10.2 Å². The number of benzene rings is 3. The van der Waals surface area contributed by atoms with Crippen LogP contribution in [-0.2, 0) is 31.0 Å². The van der Waals surface area contributed by atoms with E-state index in [1.54, 1.807) is 36.4 Å². The summed E-state index contributed by atoms with van der Waals surface area (Å²) in [6, 6.07) is 19.4. The lowest BCUT2D eigenvalue weighted by Crippen LogP contribution is -2.33. The molecule has 2 aliphatic heterocycles. The number of nitrogens with two attached hydrogens (primary N) is 1. The largest absolute Gasteiger partial charge is 0.325 e. The standard InChI is InChI=1S/C29H23ClN4O6S3/c1-15-2-10-19(11-3-15)34-26(36)23-22(16-4-6-17(30)7-5-16)25-28(41-24(23)27(34)37)33(29(38)42-25)14-21(35)32-18-8-12-20(13-9-18)43(31,39)40/h2-13,22-24H,14H2,1H3,(H,32,35)(H2,31,39,40)/t22-,23-,24+/m0/s1. The molecule has 3 atom stereocenters. The van der Waals surface area contributed by atoms with Gasteiger partial charge >= 0.3 is 4.87 Å². The molecule has 43 heavy (non-hydrogen) atoms. The van der Waals surface area contributed by atoms with Gasteiger partial charge in [-0.15, -0.1) is 0 Å². The summed E-state index contributed by atoms with van der Waals surface area (Å²) in [7, 11) is -3.90. The Morgan fingerprint density at radius 1 is 0.953 bits per heavy atom. The second kappa shape index (κ2) is 11.1. The van der Waals surface area contributed by atoms with E-state index in [0.717, 1.165) is 34.2 Å². The van der Waals surface area contributed by atoms with Crippen molar-refractivity contribution >= 4 is 73.8 Å².